The van der Waals surface area contributed by atoms with Crippen molar-refractivity contribution in [3.63, 3.8) is 0 Å². The van der Waals surface area contributed by atoms with E-state index in [0.717, 1.165) is 38.5 Å². The van der Waals surface area contributed by atoms with E-state index in [9.17, 15) is 10.2 Å². The molecule has 0 bridgehead atoms. The summed E-state index contributed by atoms with van der Waals surface area (Å²) in [5.41, 5.74) is 0. The van der Waals surface area contributed by atoms with E-state index in [-0.39, 0.29) is 12.2 Å². The van der Waals surface area contributed by atoms with Crippen molar-refractivity contribution in [2.75, 3.05) is 13.2 Å². The van der Waals surface area contributed by atoms with Gasteiger partial charge in [-0.25, -0.2) is 0 Å². The number of benzene rings is 2. The van der Waals surface area contributed by atoms with Crippen LogP contribution in [0.4, 0.5) is 0 Å². The lowest BCUT2D eigenvalue weighted by molar-refractivity contribution is 0.148. The molecule has 0 saturated heterocycles. The lowest BCUT2D eigenvalue weighted by atomic mass is 10.1. The summed E-state index contributed by atoms with van der Waals surface area (Å²) in [6, 6.07) is 15.1. The molecule has 0 aliphatic heterocycles. The first-order valence-corrected chi connectivity index (χ1v) is 10.6. The monoisotopic (exact) mass is 402 g/mol. The second-order valence-electron chi connectivity index (χ2n) is 7.10. The molecule has 0 radical (unpaired) electrons. The van der Waals surface area contributed by atoms with E-state index in [2.05, 4.69) is 0 Å². The smallest absolute Gasteiger partial charge is 0.169 e. The van der Waals surface area contributed by atoms with Crippen molar-refractivity contribution in [2.45, 2.75) is 64.6 Å². The van der Waals surface area contributed by atoms with E-state index in [1.165, 1.54) is 0 Å². The molecule has 2 unspecified atom stereocenters. The number of para-hydroxylation sites is 4. The third-order valence-corrected chi connectivity index (χ3v) is 4.74. The molecular weight excluding hydrogens is 368 g/mol. The van der Waals surface area contributed by atoms with Gasteiger partial charge in [0.25, 0.3) is 0 Å². The summed E-state index contributed by atoms with van der Waals surface area (Å²) in [5.74, 6) is 2.58. The van der Waals surface area contributed by atoms with Crippen LogP contribution in [0.5, 0.6) is 23.0 Å². The number of hydrogen-bond donors (Lipinski definition) is 2. The van der Waals surface area contributed by atoms with Crippen molar-refractivity contribution >= 4 is 0 Å². The van der Waals surface area contributed by atoms with Gasteiger partial charge in [-0.3, -0.25) is 0 Å². The third-order valence-electron chi connectivity index (χ3n) is 4.74. The van der Waals surface area contributed by atoms with Gasteiger partial charge in [-0.1, -0.05) is 38.1 Å². The molecule has 0 aromatic heterocycles. The van der Waals surface area contributed by atoms with E-state index < -0.39 is 0 Å². The Bertz CT molecular complexity index is 644. The summed E-state index contributed by atoms with van der Waals surface area (Å²) in [4.78, 5) is 0. The highest BCUT2D eigenvalue weighted by atomic mass is 16.5. The molecule has 0 amide bonds. The van der Waals surface area contributed by atoms with Crippen molar-refractivity contribution in [1.29, 1.82) is 0 Å². The lowest BCUT2D eigenvalue weighted by Crippen LogP contribution is -2.08. The topological polar surface area (TPSA) is 68.2 Å². The van der Waals surface area contributed by atoms with E-state index in [1.54, 1.807) is 0 Å². The van der Waals surface area contributed by atoms with E-state index in [1.807, 2.05) is 62.4 Å². The van der Waals surface area contributed by atoms with Crippen molar-refractivity contribution in [2.24, 2.45) is 0 Å². The van der Waals surface area contributed by atoms with Gasteiger partial charge in [0.05, 0.1) is 25.4 Å². The Morgan fingerprint density at radius 3 is 1.41 bits per heavy atom. The van der Waals surface area contributed by atoms with Crippen molar-refractivity contribution in [3.05, 3.63) is 48.5 Å². The largest absolute Gasteiger partial charge is 0.490 e. The minimum Gasteiger partial charge on any atom is -0.490 e. The Kier molecular flexibility index (Phi) is 10.4. The lowest BCUT2D eigenvalue weighted by Gasteiger charge is -2.16. The third kappa shape index (κ3) is 8.34. The van der Waals surface area contributed by atoms with Gasteiger partial charge < -0.3 is 24.4 Å². The minimum absolute atomic E-state index is 0.271. The summed E-state index contributed by atoms with van der Waals surface area (Å²) in [7, 11) is 0. The SMILES string of the molecule is CCC(O)CCCOc1ccccc1Oc1ccccc1OCCCC(O)CC. The van der Waals surface area contributed by atoms with Gasteiger partial charge in [-0.05, 0) is 62.8 Å². The van der Waals surface area contributed by atoms with Crippen LogP contribution >= 0.6 is 0 Å². The first-order valence-electron chi connectivity index (χ1n) is 10.6. The number of ether oxygens (including phenoxy) is 3. The highest BCUT2D eigenvalue weighted by Crippen LogP contribution is 2.36. The van der Waals surface area contributed by atoms with Crippen molar-refractivity contribution in [3.8, 4) is 23.0 Å². The Morgan fingerprint density at radius 2 is 1.03 bits per heavy atom. The molecular formula is C24H34O5. The Balaban J connectivity index is 1.94. The predicted molar refractivity (Wildman–Crippen MR) is 115 cm³/mol. The quantitative estimate of drug-likeness (QED) is 0.418. The van der Waals surface area contributed by atoms with Gasteiger partial charge in [0.1, 0.15) is 0 Å². The normalized spacial score (nSPS) is 13.0. The molecule has 5 heteroatoms. The number of hydrogen-bond acceptors (Lipinski definition) is 5. The molecule has 160 valence electrons. The van der Waals surface area contributed by atoms with Gasteiger partial charge in [-0.15, -0.1) is 0 Å². The molecule has 29 heavy (non-hydrogen) atoms. The number of rotatable bonds is 14. The maximum atomic E-state index is 9.66. The fraction of sp³-hybridized carbons (Fsp3) is 0.500. The Morgan fingerprint density at radius 1 is 0.655 bits per heavy atom. The van der Waals surface area contributed by atoms with Gasteiger partial charge in [-0.2, -0.15) is 0 Å². The predicted octanol–water partition coefficient (Wildman–Crippen LogP) is 5.34. The molecule has 0 fully saturated rings. The van der Waals surface area contributed by atoms with Crippen LogP contribution in [0.2, 0.25) is 0 Å². The maximum Gasteiger partial charge on any atom is 0.169 e. The summed E-state index contributed by atoms with van der Waals surface area (Å²) in [6.07, 6.45) is 3.99. The summed E-state index contributed by atoms with van der Waals surface area (Å²) in [5, 5.41) is 19.3. The fourth-order valence-electron chi connectivity index (χ4n) is 2.84. The molecule has 0 heterocycles. The van der Waals surface area contributed by atoms with Gasteiger partial charge in [0, 0.05) is 0 Å². The van der Waals surface area contributed by atoms with Crippen LogP contribution < -0.4 is 14.2 Å². The number of aliphatic hydroxyl groups excluding tert-OH is 2. The molecule has 0 aliphatic carbocycles. The minimum atomic E-state index is -0.271. The average Bonchev–Trinajstić information content (AvgIpc) is 2.75. The molecule has 2 atom stereocenters. The molecule has 2 aromatic rings. The molecule has 0 saturated carbocycles. The number of aliphatic hydroxyl groups is 2. The maximum absolute atomic E-state index is 9.66. The zero-order valence-corrected chi connectivity index (χ0v) is 17.5. The van der Waals surface area contributed by atoms with Gasteiger partial charge in [0.15, 0.2) is 23.0 Å². The van der Waals surface area contributed by atoms with E-state index >= 15 is 0 Å². The van der Waals surface area contributed by atoms with Crippen molar-refractivity contribution in [1.82, 2.24) is 0 Å². The zero-order chi connectivity index (χ0) is 20.9. The van der Waals surface area contributed by atoms with Gasteiger partial charge >= 0.3 is 0 Å². The van der Waals surface area contributed by atoms with Crippen LogP contribution in [-0.2, 0) is 0 Å². The second-order valence-corrected chi connectivity index (χ2v) is 7.10. The second kappa shape index (κ2) is 13.1. The van der Waals surface area contributed by atoms with Crippen LogP contribution in [0.25, 0.3) is 0 Å². The summed E-state index contributed by atoms with van der Waals surface area (Å²) in [6.45, 7) is 4.99. The molecule has 0 spiro atoms. The van der Waals surface area contributed by atoms with Crippen LogP contribution in [0.15, 0.2) is 48.5 Å². The Hall–Kier alpha value is -2.24. The van der Waals surface area contributed by atoms with E-state index in [0.29, 0.717) is 36.2 Å². The zero-order valence-electron chi connectivity index (χ0n) is 17.5. The van der Waals surface area contributed by atoms with Crippen LogP contribution in [-0.4, -0.2) is 35.6 Å². The fourth-order valence-corrected chi connectivity index (χ4v) is 2.84. The van der Waals surface area contributed by atoms with Crippen LogP contribution in [0.1, 0.15) is 52.4 Å². The van der Waals surface area contributed by atoms with E-state index in [4.69, 9.17) is 14.2 Å². The summed E-state index contributed by atoms with van der Waals surface area (Å²) >= 11 is 0. The molecule has 5 nitrogen and oxygen atoms in total. The van der Waals surface area contributed by atoms with Crippen LogP contribution in [0, 0.1) is 0 Å². The Labute approximate surface area is 174 Å². The molecule has 0 aliphatic rings. The first kappa shape index (κ1) is 23.0. The highest BCUT2D eigenvalue weighted by Gasteiger charge is 2.11. The molecule has 2 N–H and O–H groups in total. The van der Waals surface area contributed by atoms with Gasteiger partial charge in [0.2, 0.25) is 0 Å². The van der Waals surface area contributed by atoms with Crippen molar-refractivity contribution < 1.29 is 24.4 Å². The molecule has 2 aromatic carbocycles. The molecule has 2 rings (SSSR count). The first-order chi connectivity index (χ1) is 14.1. The van der Waals surface area contributed by atoms with Crippen LogP contribution in [0.3, 0.4) is 0 Å². The standard InChI is InChI=1S/C24H34O5/c1-3-19(25)11-9-17-27-21-13-5-7-15-23(21)29-24-16-8-6-14-22(24)28-18-10-12-20(26)4-2/h5-8,13-16,19-20,25-26H,3-4,9-12,17-18H2,1-2H3. The average molecular weight is 403 g/mol. The highest BCUT2D eigenvalue weighted by molar-refractivity contribution is 5.47. The summed E-state index contributed by atoms with van der Waals surface area (Å²) < 4.78 is 17.8.